The van der Waals surface area contributed by atoms with Crippen LogP contribution in [0.3, 0.4) is 0 Å². The van der Waals surface area contributed by atoms with Crippen molar-refractivity contribution in [3.63, 3.8) is 0 Å². The summed E-state index contributed by atoms with van der Waals surface area (Å²) in [7, 11) is 0. The second-order valence-electron chi connectivity index (χ2n) is 5.98. The van der Waals surface area contributed by atoms with Crippen LogP contribution in [0.15, 0.2) is 53.5 Å². The van der Waals surface area contributed by atoms with Gasteiger partial charge in [-0.3, -0.25) is 19.0 Å². The summed E-state index contributed by atoms with van der Waals surface area (Å²) < 4.78 is 1.50. The fraction of sp³-hybridized carbons (Fsp3) is 0.278. The standard InChI is InChI=1S/C18H19N3O3/c19-17(23)14-4-3-5-15(14)20-18(24)12-7-9-13(10-8-12)21-11-2-1-6-16(21)22/h1-2,6-11,14-15H,3-5H2,(H2,19,23)(H,20,24). The molecular formula is C18H19N3O3. The fourth-order valence-electron chi connectivity index (χ4n) is 3.14. The van der Waals surface area contributed by atoms with Gasteiger partial charge in [0.2, 0.25) is 5.91 Å². The lowest BCUT2D eigenvalue weighted by molar-refractivity contribution is -0.122. The van der Waals surface area contributed by atoms with Gasteiger partial charge in [-0.05, 0) is 43.2 Å². The lowest BCUT2D eigenvalue weighted by Gasteiger charge is -2.18. The van der Waals surface area contributed by atoms with Crippen LogP contribution < -0.4 is 16.6 Å². The van der Waals surface area contributed by atoms with Crippen molar-refractivity contribution in [3.05, 3.63) is 64.6 Å². The van der Waals surface area contributed by atoms with Crippen molar-refractivity contribution in [1.29, 1.82) is 0 Å². The monoisotopic (exact) mass is 325 g/mol. The molecular weight excluding hydrogens is 306 g/mol. The molecule has 1 aromatic carbocycles. The molecule has 6 heteroatoms. The number of hydrogen-bond donors (Lipinski definition) is 2. The first-order chi connectivity index (χ1) is 11.6. The van der Waals surface area contributed by atoms with Gasteiger partial charge in [0.1, 0.15) is 0 Å². The molecule has 3 rings (SSSR count). The van der Waals surface area contributed by atoms with Crippen molar-refractivity contribution in [2.45, 2.75) is 25.3 Å². The van der Waals surface area contributed by atoms with Gasteiger partial charge in [0.05, 0.1) is 5.92 Å². The number of carbonyl (C=O) groups excluding carboxylic acids is 2. The second-order valence-corrected chi connectivity index (χ2v) is 5.98. The molecule has 1 aliphatic carbocycles. The Morgan fingerprint density at radius 2 is 1.83 bits per heavy atom. The highest BCUT2D eigenvalue weighted by Gasteiger charge is 2.32. The molecule has 1 saturated carbocycles. The molecule has 0 radical (unpaired) electrons. The first-order valence-electron chi connectivity index (χ1n) is 7.94. The Morgan fingerprint density at radius 3 is 2.50 bits per heavy atom. The number of aromatic nitrogens is 1. The average Bonchev–Trinajstić information content (AvgIpc) is 3.04. The van der Waals surface area contributed by atoms with Crippen LogP contribution in [-0.2, 0) is 4.79 Å². The lowest BCUT2D eigenvalue weighted by atomic mass is 10.0. The van der Waals surface area contributed by atoms with Gasteiger partial charge < -0.3 is 11.1 Å². The summed E-state index contributed by atoms with van der Waals surface area (Å²) in [4.78, 5) is 35.6. The van der Waals surface area contributed by atoms with Gasteiger partial charge in [-0.1, -0.05) is 12.5 Å². The van der Waals surface area contributed by atoms with E-state index >= 15 is 0 Å². The molecule has 1 aliphatic rings. The molecule has 0 spiro atoms. The summed E-state index contributed by atoms with van der Waals surface area (Å²) in [6.45, 7) is 0. The van der Waals surface area contributed by atoms with Crippen molar-refractivity contribution in [1.82, 2.24) is 9.88 Å². The Kier molecular flexibility index (Phi) is 4.46. The maximum Gasteiger partial charge on any atom is 0.255 e. The number of primary amides is 1. The first kappa shape index (κ1) is 16.0. The van der Waals surface area contributed by atoms with Crippen LogP contribution >= 0.6 is 0 Å². The van der Waals surface area contributed by atoms with E-state index in [9.17, 15) is 14.4 Å². The third kappa shape index (κ3) is 3.22. The molecule has 1 fully saturated rings. The zero-order chi connectivity index (χ0) is 17.1. The fourth-order valence-corrected chi connectivity index (χ4v) is 3.14. The summed E-state index contributed by atoms with van der Waals surface area (Å²) in [5.41, 5.74) is 6.42. The molecule has 124 valence electrons. The van der Waals surface area contributed by atoms with Crippen molar-refractivity contribution in [2.75, 3.05) is 0 Å². The van der Waals surface area contributed by atoms with Gasteiger partial charge in [0.15, 0.2) is 0 Å². The number of hydrogen-bond acceptors (Lipinski definition) is 3. The molecule has 0 saturated heterocycles. The minimum atomic E-state index is -0.364. The summed E-state index contributed by atoms with van der Waals surface area (Å²) in [5.74, 6) is -0.896. The summed E-state index contributed by atoms with van der Waals surface area (Å²) in [5, 5.41) is 2.89. The molecule has 0 bridgehead atoms. The molecule has 24 heavy (non-hydrogen) atoms. The van der Waals surface area contributed by atoms with Gasteiger partial charge >= 0.3 is 0 Å². The summed E-state index contributed by atoms with van der Waals surface area (Å²) in [6.07, 6.45) is 4.04. The Labute approximate surface area is 139 Å². The van der Waals surface area contributed by atoms with Crippen LogP contribution in [0.1, 0.15) is 29.6 Å². The van der Waals surface area contributed by atoms with Crippen molar-refractivity contribution in [2.24, 2.45) is 11.7 Å². The van der Waals surface area contributed by atoms with Crippen molar-refractivity contribution in [3.8, 4) is 5.69 Å². The van der Waals surface area contributed by atoms with E-state index in [0.717, 1.165) is 19.3 Å². The van der Waals surface area contributed by atoms with E-state index in [4.69, 9.17) is 5.73 Å². The van der Waals surface area contributed by atoms with E-state index in [2.05, 4.69) is 5.32 Å². The number of rotatable bonds is 4. The van der Waals surface area contributed by atoms with E-state index in [1.54, 1.807) is 42.6 Å². The molecule has 1 heterocycles. The minimum Gasteiger partial charge on any atom is -0.369 e. The van der Waals surface area contributed by atoms with Crippen molar-refractivity contribution >= 4 is 11.8 Å². The predicted molar refractivity (Wildman–Crippen MR) is 89.8 cm³/mol. The zero-order valence-corrected chi connectivity index (χ0v) is 13.1. The van der Waals surface area contributed by atoms with Gasteiger partial charge in [-0.2, -0.15) is 0 Å². The zero-order valence-electron chi connectivity index (χ0n) is 13.1. The van der Waals surface area contributed by atoms with Gasteiger partial charge in [-0.15, -0.1) is 0 Å². The number of nitrogens with zero attached hydrogens (tertiary/aromatic N) is 1. The topological polar surface area (TPSA) is 94.2 Å². The van der Waals surface area contributed by atoms with Crippen LogP contribution in [0.4, 0.5) is 0 Å². The molecule has 2 amide bonds. The lowest BCUT2D eigenvalue weighted by Crippen LogP contribution is -2.42. The van der Waals surface area contributed by atoms with E-state index in [1.165, 1.54) is 10.6 Å². The molecule has 3 N–H and O–H groups in total. The smallest absolute Gasteiger partial charge is 0.255 e. The van der Waals surface area contributed by atoms with Gasteiger partial charge in [-0.25, -0.2) is 0 Å². The molecule has 2 aromatic rings. The number of nitrogens with one attached hydrogen (secondary N) is 1. The molecule has 2 atom stereocenters. The number of benzene rings is 1. The highest BCUT2D eigenvalue weighted by molar-refractivity contribution is 5.95. The first-order valence-corrected chi connectivity index (χ1v) is 7.94. The van der Waals surface area contributed by atoms with Crippen LogP contribution in [0.5, 0.6) is 0 Å². The van der Waals surface area contributed by atoms with Crippen LogP contribution in [0.25, 0.3) is 5.69 Å². The average molecular weight is 325 g/mol. The largest absolute Gasteiger partial charge is 0.369 e. The van der Waals surface area contributed by atoms with E-state index in [-0.39, 0.29) is 29.3 Å². The Balaban J connectivity index is 1.74. The number of pyridine rings is 1. The maximum absolute atomic E-state index is 12.4. The number of nitrogens with two attached hydrogens (primary N) is 1. The Morgan fingerprint density at radius 1 is 1.08 bits per heavy atom. The Hall–Kier alpha value is -2.89. The molecule has 6 nitrogen and oxygen atoms in total. The molecule has 1 aromatic heterocycles. The third-order valence-electron chi connectivity index (χ3n) is 4.43. The number of amides is 2. The van der Waals surface area contributed by atoms with Gasteiger partial charge in [0.25, 0.3) is 11.5 Å². The predicted octanol–water partition coefficient (Wildman–Crippen LogP) is 1.22. The second kappa shape index (κ2) is 6.70. The summed E-state index contributed by atoms with van der Waals surface area (Å²) >= 11 is 0. The van der Waals surface area contributed by atoms with Crippen LogP contribution in [0, 0.1) is 5.92 Å². The van der Waals surface area contributed by atoms with Crippen LogP contribution in [0.2, 0.25) is 0 Å². The quantitative estimate of drug-likeness (QED) is 0.885. The molecule has 2 unspecified atom stereocenters. The SMILES string of the molecule is NC(=O)C1CCCC1NC(=O)c1ccc(-n2ccccc2=O)cc1. The van der Waals surface area contributed by atoms with Crippen molar-refractivity contribution < 1.29 is 9.59 Å². The maximum atomic E-state index is 12.4. The number of carbonyl (C=O) groups is 2. The minimum absolute atomic E-state index is 0.134. The highest BCUT2D eigenvalue weighted by Crippen LogP contribution is 2.25. The highest BCUT2D eigenvalue weighted by atomic mass is 16.2. The molecule has 0 aliphatic heterocycles. The van der Waals surface area contributed by atoms with E-state index in [1.807, 2.05) is 0 Å². The van der Waals surface area contributed by atoms with E-state index < -0.39 is 0 Å². The van der Waals surface area contributed by atoms with E-state index in [0.29, 0.717) is 11.3 Å². The normalized spacial score (nSPS) is 19.8. The van der Waals surface area contributed by atoms with Crippen LogP contribution in [-0.4, -0.2) is 22.4 Å². The Bertz CT molecular complexity index is 811. The summed E-state index contributed by atoms with van der Waals surface area (Å²) in [6, 6.07) is 11.5. The van der Waals surface area contributed by atoms with Gasteiger partial charge in [0, 0.05) is 29.6 Å². The third-order valence-corrected chi connectivity index (χ3v) is 4.43.